The molecular formula is C87H106BrClN28O20S2. The number of non-ortho nitro benzene ring substituents is 4. The van der Waals surface area contributed by atoms with Crippen molar-refractivity contribution in [2.24, 2.45) is 39.4 Å². The zero-order valence-corrected chi connectivity index (χ0v) is 78.4. The van der Waals surface area contributed by atoms with Gasteiger partial charge in [0.05, 0.1) is 100 Å². The van der Waals surface area contributed by atoms with E-state index in [1.54, 1.807) is 120 Å². The molecule has 740 valence electrons. The Morgan fingerprint density at radius 1 is 0.424 bits per heavy atom. The minimum atomic E-state index is -0.765. The molecule has 48 nitrogen and oxygen atoms in total. The van der Waals surface area contributed by atoms with Gasteiger partial charge in [-0.1, -0.05) is 151 Å². The number of ether oxygens (including phenoxy) is 4. The number of nitro benzene ring substituents is 4. The molecule has 0 unspecified atom stereocenters. The van der Waals surface area contributed by atoms with Gasteiger partial charge in [-0.05, 0) is 112 Å². The first kappa shape index (κ1) is 115. The van der Waals surface area contributed by atoms with Gasteiger partial charge in [-0.2, -0.15) is 25.0 Å². The molecular weight excluding hydrogens is 1940 g/mol. The fourth-order valence-corrected chi connectivity index (χ4v) is 13.0. The Balaban J connectivity index is 0.000000360. The lowest BCUT2D eigenvalue weighted by Gasteiger charge is -2.15. The third-order valence-electron chi connectivity index (χ3n) is 18.5. The number of nitro groups is 4. The average molecular weight is 2040 g/mol. The van der Waals surface area contributed by atoms with Crippen molar-refractivity contribution in [1.82, 2.24) is 66.7 Å². The Labute approximate surface area is 815 Å². The van der Waals surface area contributed by atoms with Gasteiger partial charge in [0.2, 0.25) is 17.9 Å². The average Bonchev–Trinajstić information content (AvgIpc) is 1.29. The van der Waals surface area contributed by atoms with Crippen LogP contribution < -0.4 is 110 Å². The van der Waals surface area contributed by atoms with Crippen molar-refractivity contribution in [3.63, 3.8) is 0 Å². The van der Waals surface area contributed by atoms with E-state index in [1.165, 1.54) is 131 Å². The number of hydrogen-bond donors (Lipinski definition) is 10. The molecule has 0 bridgehead atoms. The van der Waals surface area contributed by atoms with Crippen LogP contribution in [0.4, 0.5) is 34.6 Å². The summed E-state index contributed by atoms with van der Waals surface area (Å²) in [6.45, 7) is 2.97. The first-order valence-corrected chi connectivity index (χ1v) is 43.7. The number of alkyl halides is 1. The number of aliphatic imine (C=N–C) groups is 1. The predicted molar refractivity (Wildman–Crippen MR) is 537 cm³/mol. The molecule has 13 rings (SSSR count). The van der Waals surface area contributed by atoms with Crippen molar-refractivity contribution < 1.29 is 38.6 Å². The van der Waals surface area contributed by atoms with Gasteiger partial charge in [-0.15, -0.1) is 12.4 Å². The lowest BCUT2D eigenvalue weighted by atomic mass is 10.2. The molecule has 0 aliphatic rings. The summed E-state index contributed by atoms with van der Waals surface area (Å²) in [6.07, 6.45) is 6.70. The van der Waals surface area contributed by atoms with Crippen molar-refractivity contribution in [3.05, 3.63) is 381 Å². The monoisotopic (exact) mass is 2040 g/mol. The summed E-state index contributed by atoms with van der Waals surface area (Å²) in [6, 6.07) is 53.9. The van der Waals surface area contributed by atoms with Crippen LogP contribution >= 0.6 is 51.9 Å². The second-order valence-electron chi connectivity index (χ2n) is 27.7. The second kappa shape index (κ2) is 58.9. The Kier molecular flexibility index (Phi) is 48.8. The molecule has 0 radical (unpaired) electrons. The van der Waals surface area contributed by atoms with Gasteiger partial charge in [0, 0.05) is 99.0 Å². The van der Waals surface area contributed by atoms with Crippen LogP contribution in [0.2, 0.25) is 0 Å². The summed E-state index contributed by atoms with van der Waals surface area (Å²) in [5, 5.41) is 60.5. The van der Waals surface area contributed by atoms with Crippen molar-refractivity contribution in [3.8, 4) is 23.0 Å². The number of guanidine groups is 1. The van der Waals surface area contributed by atoms with Crippen molar-refractivity contribution in [2.75, 3.05) is 90.9 Å². The maximum absolute atomic E-state index is 13.3. The highest BCUT2D eigenvalue weighted by atomic mass is 79.9. The number of methoxy groups -OCH3 is 4. The Hall–Kier alpha value is -16.1. The Bertz CT molecular complexity index is 6690. The topological polar surface area (TPSA) is 682 Å². The molecule has 13 aromatic rings. The number of aromatic amines is 1. The van der Waals surface area contributed by atoms with Crippen LogP contribution in [0.5, 0.6) is 23.0 Å². The highest BCUT2D eigenvalue weighted by Gasteiger charge is 2.20. The van der Waals surface area contributed by atoms with E-state index in [4.69, 9.17) is 58.8 Å². The lowest BCUT2D eigenvalue weighted by molar-refractivity contribution is -0.385. The summed E-state index contributed by atoms with van der Waals surface area (Å²) in [7, 11) is 6.28. The zero-order valence-electron chi connectivity index (χ0n) is 74.4. The normalized spacial score (nSPS) is 10.1. The lowest BCUT2D eigenvalue weighted by Crippen LogP contribution is -2.43. The van der Waals surface area contributed by atoms with Crippen LogP contribution in [-0.4, -0.2) is 179 Å². The van der Waals surface area contributed by atoms with Crippen molar-refractivity contribution >= 4 is 98.4 Å². The fourth-order valence-electron chi connectivity index (χ4n) is 11.6. The maximum Gasteiger partial charge on any atom is 0.355 e. The number of rotatable bonds is 33. The van der Waals surface area contributed by atoms with E-state index in [-0.39, 0.29) is 126 Å². The molecule has 0 aliphatic carbocycles. The van der Waals surface area contributed by atoms with Crippen LogP contribution in [0.25, 0.3) is 0 Å². The second-order valence-corrected chi connectivity index (χ2v) is 29.8. The van der Waals surface area contributed by atoms with Gasteiger partial charge in [0.15, 0.2) is 16.3 Å². The minimum Gasteiger partial charge on any atom is -0.497 e. The van der Waals surface area contributed by atoms with Crippen LogP contribution in [0.3, 0.4) is 0 Å². The number of nitrogens with two attached hydrogens (primary N) is 6. The standard InChI is InChI=1S/C21H24N8O5.C20H22N6O5.C19H18N4O5S.C12H13N3O3S.C7H6BrNO2.C4H6N4.C2H8N2.2CH4.ClH/c1-34-17-8-4-15(5-9-17)12-27-19(25-11-10-24-18(22)23)26-20(30)28(21(27)31)13-14-2-6-16(7-3-14)29(32)33;1-31-17-8-4-15(5-9-17)12-24-18(22-11-10-21)23-19(27)25(20(24)28)13-14-2-6-16(7-3-14)26(29)30;1-28-16-9-5-14(6-10-16)12-22-18(29-2)20-17(24)21(19(22)25)11-13-3-7-15(8-4-13)23(26)27;1-18-9-5-3-8(4-6-9)7-15-11(17)13-10(16)14-12(15)19-2;8-5-6-1-3-7(4-2-6)9(10)11;5-4(6)8-3-1-2-7-8;3-1-2-4;;;/h2-9H,10-13H2,1H3,(H4,22,23,24)(H,25,26,30);2-9H,10-13,21H2,1H3,(H,22,23,27);3-10H,11-12H2,1-2H3;3-6H,7H2,1-2H3,(H,13,16,17);1-4H,5H2;1-3H,(H3,5,6);1-4H2;2*1H4;1H. The first-order chi connectivity index (χ1) is 65.2. The van der Waals surface area contributed by atoms with Gasteiger partial charge >= 0.3 is 45.5 Å². The van der Waals surface area contributed by atoms with Gasteiger partial charge in [0.25, 0.3) is 22.7 Å². The maximum atomic E-state index is 13.3. The molecule has 0 aliphatic heterocycles. The Morgan fingerprint density at radius 3 is 0.986 bits per heavy atom. The molecule has 5 aromatic heterocycles. The van der Waals surface area contributed by atoms with Gasteiger partial charge < -0.3 is 64.0 Å². The highest BCUT2D eigenvalue weighted by Crippen LogP contribution is 2.22. The van der Waals surface area contributed by atoms with E-state index in [0.29, 0.717) is 77.0 Å². The molecule has 0 saturated heterocycles. The van der Waals surface area contributed by atoms with Gasteiger partial charge in [0.1, 0.15) is 23.0 Å². The highest BCUT2D eigenvalue weighted by molar-refractivity contribution is 9.08. The van der Waals surface area contributed by atoms with Crippen LogP contribution in [0.1, 0.15) is 59.4 Å². The van der Waals surface area contributed by atoms with E-state index in [0.717, 1.165) is 52.6 Å². The van der Waals surface area contributed by atoms with E-state index >= 15 is 0 Å². The number of H-pyrrole nitrogens is 1. The number of halogens is 2. The van der Waals surface area contributed by atoms with Gasteiger partial charge in [-0.3, -0.25) is 74.1 Å². The molecule has 52 heteroatoms. The van der Waals surface area contributed by atoms with E-state index in [1.807, 2.05) is 48.5 Å². The minimum absolute atomic E-state index is 0. The summed E-state index contributed by atoms with van der Waals surface area (Å²) in [5.74, 6) is 2.84. The molecule has 0 amide bonds. The molecule has 8 aromatic carbocycles. The molecule has 139 heavy (non-hydrogen) atoms. The van der Waals surface area contributed by atoms with E-state index in [9.17, 15) is 78.8 Å². The number of benzene rings is 8. The zero-order chi connectivity index (χ0) is 99.5. The molecule has 5 heterocycles. The van der Waals surface area contributed by atoms with E-state index < -0.39 is 65.2 Å². The summed E-state index contributed by atoms with van der Waals surface area (Å²) in [5.41, 5.74) is 32.1. The fraction of sp³-hybridized carbons (Fsp3) is 0.253. The number of nitrogens with one attached hydrogen (secondary N) is 4. The SMILES string of the molecule is C.C.COc1ccc(Cn2c(NCCN)nc(=O)n(Cc3ccc([N+](=O)[O-])cc3)c2=O)cc1.COc1ccc(Cn2c(NCCN=C(N)N)nc(=O)n(Cc3ccc([N+](=O)[O-])cc3)c2=O)cc1.COc1ccc(Cn2c(SC)nc(=O)[nH]c2=O)cc1.COc1ccc(Cn2c(SC)nc(=O)n(Cc3ccc([N+](=O)[O-])cc3)c2=O)cc1.Cl.N=C(N)n1cccn1.NCCN.O=[N+]([O-])c1ccc(CBr)cc1. The molecule has 0 saturated carbocycles. The summed E-state index contributed by atoms with van der Waals surface area (Å²) >= 11 is 5.72. The number of nitrogen functional groups attached to an aromatic ring is 1. The van der Waals surface area contributed by atoms with Crippen LogP contribution in [0, 0.1) is 45.9 Å². The third kappa shape index (κ3) is 35.9. The third-order valence-corrected chi connectivity index (χ3v) is 20.5. The number of anilines is 2. The van der Waals surface area contributed by atoms with E-state index in [2.05, 4.69) is 61.6 Å². The summed E-state index contributed by atoms with van der Waals surface area (Å²) in [4.78, 5) is 163. The van der Waals surface area contributed by atoms with Crippen molar-refractivity contribution in [2.45, 2.75) is 76.3 Å². The van der Waals surface area contributed by atoms with Crippen LogP contribution in [-0.2, 0) is 51.1 Å². The van der Waals surface area contributed by atoms with Crippen molar-refractivity contribution in [1.29, 1.82) is 5.41 Å². The number of thioether (sulfide) groups is 2. The Morgan fingerprint density at radius 2 is 0.712 bits per heavy atom. The smallest absolute Gasteiger partial charge is 0.355 e. The van der Waals surface area contributed by atoms with Crippen LogP contribution in [0.15, 0.2) is 266 Å². The number of nitrogens with zero attached hydrogens (tertiary/aromatic N) is 18. The number of hydrogen-bond acceptors (Lipinski definition) is 34. The predicted octanol–water partition coefficient (Wildman–Crippen LogP) is 6.46. The number of aromatic nitrogens is 14. The quantitative estimate of drug-likeness (QED) is 0.00401. The summed E-state index contributed by atoms with van der Waals surface area (Å²) < 4.78 is 30.3. The molecule has 16 N–H and O–H groups in total. The first-order valence-electron chi connectivity index (χ1n) is 40.2. The largest absolute Gasteiger partial charge is 0.497 e. The molecule has 0 atom stereocenters. The molecule has 0 fully saturated rings. The molecule has 0 spiro atoms. The van der Waals surface area contributed by atoms with Gasteiger partial charge in [-0.25, -0.2) is 56.7 Å².